The Hall–Kier alpha value is -3.43. The highest BCUT2D eigenvalue weighted by Gasteiger charge is 2.25. The van der Waals surface area contributed by atoms with Gasteiger partial charge in [0.15, 0.2) is 5.56 Å². The lowest BCUT2D eigenvalue weighted by atomic mass is 10.2. The van der Waals surface area contributed by atoms with Gasteiger partial charge in [0.2, 0.25) is 17.9 Å². The van der Waals surface area contributed by atoms with Gasteiger partial charge in [-0.2, -0.15) is 0 Å². The molecular weight excluding hydrogens is 349 g/mol. The number of carboxylic acid groups (broad SMARTS) is 1. The van der Waals surface area contributed by atoms with E-state index in [9.17, 15) is 19.1 Å². The minimum absolute atomic E-state index is 0.0272. The lowest BCUT2D eigenvalue weighted by Gasteiger charge is -2.16. The first-order valence-corrected chi connectivity index (χ1v) is 7.32. The van der Waals surface area contributed by atoms with Crippen LogP contribution in [-0.4, -0.2) is 53.8 Å². The minimum Gasteiger partial charge on any atom is -0.480 e. The van der Waals surface area contributed by atoms with Gasteiger partial charge in [-0.05, 0) is 24.3 Å². The molecule has 0 fully saturated rings. The van der Waals surface area contributed by atoms with Gasteiger partial charge in [-0.25, -0.2) is 19.2 Å². The van der Waals surface area contributed by atoms with Crippen molar-refractivity contribution in [2.45, 2.75) is 6.10 Å². The average Bonchev–Trinajstić information content (AvgIpc) is 2.65. The summed E-state index contributed by atoms with van der Waals surface area (Å²) in [6.07, 6.45) is -0.238. The molecule has 0 aliphatic carbocycles. The fourth-order valence-corrected chi connectivity index (χ4v) is 1.99. The smallest absolute Gasteiger partial charge is 0.346 e. The number of carbonyl (C=O) groups excluding carboxylic acids is 1. The van der Waals surface area contributed by atoms with E-state index in [1.165, 1.54) is 26.4 Å². The number of carboxylic acids is 1. The molecule has 1 amide bonds. The van der Waals surface area contributed by atoms with E-state index < -0.39 is 23.8 Å². The molecule has 0 saturated carbocycles. The number of nitrogens with one attached hydrogen (secondary N) is 1. The van der Waals surface area contributed by atoms with Crippen molar-refractivity contribution >= 4 is 11.9 Å². The fraction of sp³-hybridized carbons (Fsp3) is 0.250. The Morgan fingerprint density at radius 3 is 2.23 bits per heavy atom. The number of nitrogens with zero attached hydrogens (tertiary/aromatic N) is 2. The molecule has 2 N–H and O–H groups in total. The number of aromatic nitrogens is 2. The summed E-state index contributed by atoms with van der Waals surface area (Å²) in [4.78, 5) is 31.3. The number of hydrogen-bond acceptors (Lipinski definition) is 7. The van der Waals surface area contributed by atoms with E-state index >= 15 is 0 Å². The van der Waals surface area contributed by atoms with Gasteiger partial charge in [0.1, 0.15) is 17.9 Å². The molecule has 0 bridgehead atoms. The molecule has 2 aromatic rings. The van der Waals surface area contributed by atoms with Crippen LogP contribution in [-0.2, 0) is 4.79 Å². The third-order valence-corrected chi connectivity index (χ3v) is 3.21. The van der Waals surface area contributed by atoms with Crippen LogP contribution in [0, 0.1) is 5.82 Å². The zero-order valence-corrected chi connectivity index (χ0v) is 13.9. The second-order valence-electron chi connectivity index (χ2n) is 4.88. The topological polar surface area (TPSA) is 120 Å². The number of amides is 1. The quantitative estimate of drug-likeness (QED) is 0.708. The molecule has 138 valence electrons. The van der Waals surface area contributed by atoms with E-state index in [0.29, 0.717) is 0 Å². The number of hydrogen-bond donors (Lipinski definition) is 2. The molecular formula is C16H16FN3O6. The van der Waals surface area contributed by atoms with Crippen LogP contribution >= 0.6 is 0 Å². The molecule has 2 rings (SSSR count). The Morgan fingerprint density at radius 2 is 1.73 bits per heavy atom. The van der Waals surface area contributed by atoms with Gasteiger partial charge >= 0.3 is 5.97 Å². The van der Waals surface area contributed by atoms with Crippen LogP contribution in [0.1, 0.15) is 10.4 Å². The lowest BCUT2D eigenvalue weighted by Crippen LogP contribution is -2.40. The third kappa shape index (κ3) is 4.56. The third-order valence-electron chi connectivity index (χ3n) is 3.21. The van der Waals surface area contributed by atoms with E-state index in [1.54, 1.807) is 0 Å². The zero-order chi connectivity index (χ0) is 19.1. The summed E-state index contributed by atoms with van der Waals surface area (Å²) >= 11 is 0. The molecule has 1 atom stereocenters. The first-order chi connectivity index (χ1) is 12.5. The average molecular weight is 365 g/mol. The summed E-state index contributed by atoms with van der Waals surface area (Å²) in [6.45, 7) is -0.368. The number of carbonyl (C=O) groups is 2. The highest BCUT2D eigenvalue weighted by Crippen LogP contribution is 2.23. The van der Waals surface area contributed by atoms with Crippen molar-refractivity contribution in [3.05, 3.63) is 42.0 Å². The number of benzene rings is 1. The predicted octanol–water partition coefficient (Wildman–Crippen LogP) is 0.895. The zero-order valence-electron chi connectivity index (χ0n) is 13.9. The lowest BCUT2D eigenvalue weighted by molar-refractivity contribution is -0.144. The molecule has 9 nitrogen and oxygen atoms in total. The van der Waals surface area contributed by atoms with E-state index in [2.05, 4.69) is 15.3 Å². The molecule has 0 aliphatic rings. The Bertz CT molecular complexity index is 762. The number of rotatable bonds is 8. The maximum Gasteiger partial charge on any atom is 0.346 e. The molecule has 1 unspecified atom stereocenters. The Balaban J connectivity index is 2.10. The Labute approximate surface area is 147 Å². The summed E-state index contributed by atoms with van der Waals surface area (Å²) in [6, 6.07) is 4.82. The molecule has 1 aromatic heterocycles. The minimum atomic E-state index is -1.40. The van der Waals surface area contributed by atoms with E-state index in [0.717, 1.165) is 18.5 Å². The summed E-state index contributed by atoms with van der Waals surface area (Å²) < 4.78 is 28.1. The maximum absolute atomic E-state index is 12.9. The van der Waals surface area contributed by atoms with Crippen molar-refractivity contribution in [2.24, 2.45) is 0 Å². The van der Waals surface area contributed by atoms with Crippen LogP contribution in [0.2, 0.25) is 0 Å². The monoisotopic (exact) mass is 365 g/mol. The van der Waals surface area contributed by atoms with Crippen molar-refractivity contribution in [3.8, 4) is 17.5 Å². The van der Waals surface area contributed by atoms with Crippen molar-refractivity contribution in [1.82, 2.24) is 15.3 Å². The van der Waals surface area contributed by atoms with Gasteiger partial charge in [-0.3, -0.25) is 4.79 Å². The van der Waals surface area contributed by atoms with Gasteiger partial charge in [0.05, 0.1) is 20.8 Å². The predicted molar refractivity (Wildman–Crippen MR) is 85.9 cm³/mol. The molecule has 0 saturated heterocycles. The van der Waals surface area contributed by atoms with Crippen molar-refractivity contribution in [3.63, 3.8) is 0 Å². The summed E-state index contributed by atoms with van der Waals surface area (Å²) in [5, 5.41) is 11.7. The standard InChI is InChI=1S/C16H16FN3O6/c1-24-14-12(15(25-2)20-8-19-14)13(21)18-7-11(16(22)23)26-10-5-3-9(17)4-6-10/h3-6,8,11H,7H2,1-2H3,(H,18,21)(H,22,23). The Morgan fingerprint density at radius 1 is 1.15 bits per heavy atom. The van der Waals surface area contributed by atoms with Crippen molar-refractivity contribution < 1.29 is 33.3 Å². The van der Waals surface area contributed by atoms with Gasteiger partial charge in [-0.15, -0.1) is 0 Å². The summed E-state index contributed by atoms with van der Waals surface area (Å²) in [5.41, 5.74) is -0.0802. The highest BCUT2D eigenvalue weighted by atomic mass is 19.1. The number of methoxy groups -OCH3 is 2. The van der Waals surface area contributed by atoms with Crippen molar-refractivity contribution in [2.75, 3.05) is 20.8 Å². The summed E-state index contributed by atoms with van der Waals surface area (Å²) in [7, 11) is 2.63. The first-order valence-electron chi connectivity index (χ1n) is 7.32. The molecule has 1 heterocycles. The van der Waals surface area contributed by atoms with Gasteiger partial charge < -0.3 is 24.6 Å². The summed E-state index contributed by atoms with van der Waals surface area (Å²) in [5.74, 6) is -2.40. The van der Waals surface area contributed by atoms with Crippen LogP contribution in [0.15, 0.2) is 30.6 Å². The molecule has 0 spiro atoms. The number of halogens is 1. The van der Waals surface area contributed by atoms with Crippen LogP contribution in [0.4, 0.5) is 4.39 Å². The SMILES string of the molecule is COc1ncnc(OC)c1C(=O)NCC(Oc1ccc(F)cc1)C(=O)O. The van der Waals surface area contributed by atoms with Crippen LogP contribution in [0.5, 0.6) is 17.5 Å². The van der Waals surface area contributed by atoms with Crippen LogP contribution in [0.3, 0.4) is 0 Å². The normalized spacial score (nSPS) is 11.3. The van der Waals surface area contributed by atoms with Crippen molar-refractivity contribution in [1.29, 1.82) is 0 Å². The van der Waals surface area contributed by atoms with Crippen LogP contribution < -0.4 is 19.5 Å². The Kier molecular flexibility index (Phi) is 6.25. The second-order valence-corrected chi connectivity index (χ2v) is 4.88. The fourth-order valence-electron chi connectivity index (χ4n) is 1.99. The number of aliphatic carboxylic acids is 1. The largest absolute Gasteiger partial charge is 0.480 e. The molecule has 0 radical (unpaired) electrons. The second kappa shape index (κ2) is 8.60. The van der Waals surface area contributed by atoms with Gasteiger partial charge in [0.25, 0.3) is 5.91 Å². The van der Waals surface area contributed by atoms with Gasteiger partial charge in [0, 0.05) is 0 Å². The molecule has 26 heavy (non-hydrogen) atoms. The van der Waals surface area contributed by atoms with E-state index in [-0.39, 0.29) is 29.6 Å². The van der Waals surface area contributed by atoms with E-state index in [1.807, 2.05) is 0 Å². The number of ether oxygens (including phenoxy) is 3. The maximum atomic E-state index is 12.9. The highest BCUT2D eigenvalue weighted by molar-refractivity contribution is 5.98. The van der Waals surface area contributed by atoms with Crippen LogP contribution in [0.25, 0.3) is 0 Å². The van der Waals surface area contributed by atoms with Gasteiger partial charge in [-0.1, -0.05) is 0 Å². The molecule has 1 aromatic carbocycles. The molecule has 10 heteroatoms. The first kappa shape index (κ1) is 18.9. The molecule has 0 aliphatic heterocycles. The van der Waals surface area contributed by atoms with E-state index in [4.69, 9.17) is 14.2 Å².